The molecule has 0 aliphatic carbocycles. The average Bonchev–Trinajstić information content (AvgIpc) is 4.03. The van der Waals surface area contributed by atoms with Gasteiger partial charge < -0.3 is 24.3 Å². The molecule has 368 valence electrons. The number of likely N-dealkylation sites (tertiary alicyclic amines) is 1. The molecule has 2 N–H and O–H groups in total. The van der Waals surface area contributed by atoms with Crippen LogP contribution in [0.25, 0.3) is 27.8 Å². The second kappa shape index (κ2) is 18.1. The maximum Gasteiger partial charge on any atom is 0.329 e. The molecule has 19 heteroatoms. The fraction of sp³-hybridized carbons (Fsp3) is 0.423. The number of imide groups is 1. The van der Waals surface area contributed by atoms with Gasteiger partial charge in [0.15, 0.2) is 5.82 Å². The molecule has 11 rings (SSSR count). The predicted molar refractivity (Wildman–Crippen MR) is 267 cm³/mol. The van der Waals surface area contributed by atoms with Gasteiger partial charge in [0.25, 0.3) is 11.5 Å². The third kappa shape index (κ3) is 7.99. The van der Waals surface area contributed by atoms with Crippen LogP contribution < -0.4 is 26.8 Å². The van der Waals surface area contributed by atoms with E-state index < -0.39 is 11.9 Å². The zero-order valence-corrected chi connectivity index (χ0v) is 40.7. The van der Waals surface area contributed by atoms with Gasteiger partial charge in [-0.05, 0) is 125 Å². The summed E-state index contributed by atoms with van der Waals surface area (Å²) in [5, 5.41) is 15.5. The van der Waals surface area contributed by atoms with Crippen molar-refractivity contribution in [1.29, 1.82) is 0 Å². The summed E-state index contributed by atoms with van der Waals surface area (Å²) < 4.78 is 25.2. The van der Waals surface area contributed by atoms with E-state index in [9.17, 15) is 24.0 Å². The third-order valence-corrected chi connectivity index (χ3v) is 15.8. The number of hydrogen-bond acceptors (Lipinski definition) is 11. The Morgan fingerprint density at radius 2 is 1.62 bits per heavy atom. The number of nitrogens with zero attached hydrogens (tertiary/aromatic N) is 11. The molecule has 1 unspecified atom stereocenters. The van der Waals surface area contributed by atoms with Gasteiger partial charge in [0.05, 0.1) is 23.3 Å². The molecule has 7 aromatic rings. The summed E-state index contributed by atoms with van der Waals surface area (Å²) in [7, 11) is 5.50. The first-order valence-electron chi connectivity index (χ1n) is 24.7. The van der Waals surface area contributed by atoms with Crippen molar-refractivity contribution in [1.82, 2.24) is 53.1 Å². The van der Waals surface area contributed by atoms with Gasteiger partial charge in [0.2, 0.25) is 11.8 Å². The van der Waals surface area contributed by atoms with Crippen molar-refractivity contribution in [2.45, 2.75) is 89.4 Å². The number of halogens is 1. The summed E-state index contributed by atoms with van der Waals surface area (Å²) in [5.74, 6) is 0.508. The Kier molecular flexibility index (Phi) is 11.7. The molecule has 2 atom stereocenters. The average molecular weight is 964 g/mol. The number of carbonyl (C=O) groups excluding carboxylic acids is 3. The Balaban J connectivity index is 0.713. The molecule has 0 spiro atoms. The van der Waals surface area contributed by atoms with Gasteiger partial charge in [-0.15, -0.1) is 10.2 Å². The van der Waals surface area contributed by atoms with Gasteiger partial charge in [0, 0.05) is 112 Å². The van der Waals surface area contributed by atoms with Gasteiger partial charge in [0.1, 0.15) is 23.3 Å². The van der Waals surface area contributed by atoms with Gasteiger partial charge in [-0.2, -0.15) is 0 Å². The smallest absolute Gasteiger partial charge is 0.329 e. The van der Waals surface area contributed by atoms with E-state index in [1.165, 1.54) is 10.6 Å². The van der Waals surface area contributed by atoms with Gasteiger partial charge >= 0.3 is 5.69 Å². The summed E-state index contributed by atoms with van der Waals surface area (Å²) in [6.45, 7) is 8.49. The highest BCUT2D eigenvalue weighted by atomic mass is 19.1. The maximum absolute atomic E-state index is 16.3. The van der Waals surface area contributed by atoms with Crippen molar-refractivity contribution < 1.29 is 18.8 Å². The normalized spacial score (nSPS) is 18.9. The number of amides is 3. The molecule has 3 fully saturated rings. The van der Waals surface area contributed by atoms with Crippen LogP contribution in [-0.2, 0) is 36.8 Å². The fourth-order valence-electron chi connectivity index (χ4n) is 11.8. The minimum absolute atomic E-state index is 0.0215. The van der Waals surface area contributed by atoms with E-state index >= 15 is 4.39 Å². The number of fused-ring (bicyclic) bond motifs is 3. The van der Waals surface area contributed by atoms with Gasteiger partial charge in [-0.1, -0.05) is 0 Å². The lowest BCUT2D eigenvalue weighted by Crippen LogP contribution is -2.44. The van der Waals surface area contributed by atoms with Gasteiger partial charge in [-0.3, -0.25) is 43.1 Å². The first-order valence-corrected chi connectivity index (χ1v) is 24.7. The number of benzene rings is 2. The largest absolute Gasteiger partial charge is 0.388 e. The summed E-state index contributed by atoms with van der Waals surface area (Å²) >= 11 is 0. The monoisotopic (exact) mass is 963 g/mol. The van der Waals surface area contributed by atoms with Crippen molar-refractivity contribution in [3.05, 3.63) is 128 Å². The van der Waals surface area contributed by atoms with Gasteiger partial charge in [-0.25, -0.2) is 14.2 Å². The molecule has 5 aromatic heterocycles. The summed E-state index contributed by atoms with van der Waals surface area (Å²) in [4.78, 5) is 76.0. The molecule has 3 amide bonds. The van der Waals surface area contributed by atoms with Crippen molar-refractivity contribution >= 4 is 51.2 Å². The third-order valence-electron chi connectivity index (χ3n) is 15.8. The molecule has 0 radical (unpaired) electrons. The van der Waals surface area contributed by atoms with Crippen LogP contribution in [-0.4, -0.2) is 105 Å². The molecular weight excluding hydrogens is 906 g/mol. The predicted octanol–water partition coefficient (Wildman–Crippen LogP) is 5.42. The molecule has 9 heterocycles. The minimum Gasteiger partial charge on any atom is -0.388 e. The maximum atomic E-state index is 16.3. The van der Waals surface area contributed by atoms with Crippen LogP contribution in [0.15, 0.2) is 76.6 Å². The molecule has 2 aromatic carbocycles. The van der Waals surface area contributed by atoms with E-state index in [1.807, 2.05) is 50.4 Å². The Labute approximate surface area is 408 Å². The standard InChI is InChI=1S/C52H58FN13O5/c1-30-24-34(25-38(53)47(30)32-11-17-61(18-12-32)31(2)42-28-37-39(10-16-55-49(37)59(42)4)64-21-15-35(54-3)26-46(64)68)51(70)63-22-23-65-44(29-63)57-58-48(65)33-13-19-62(20-14-33)36-6-7-40-43(27-36)60(5)52(71)66(40)41-8-9-45(67)56-50(41)69/h6-7,10,15-16,21,24-28,31-33,41,54H,8-9,11-14,17-20,22-23,29H2,1-5H3,(H,56,67,69)/t31-,41?/m0/s1. The highest BCUT2D eigenvalue weighted by Gasteiger charge is 2.35. The number of rotatable bonds is 9. The number of anilines is 2. The molecule has 4 aliphatic heterocycles. The van der Waals surface area contributed by atoms with Crippen LogP contribution in [0.2, 0.25) is 0 Å². The van der Waals surface area contributed by atoms with Crippen LogP contribution in [0.1, 0.15) is 108 Å². The summed E-state index contributed by atoms with van der Waals surface area (Å²) in [5.41, 5.74) is 7.17. The van der Waals surface area contributed by atoms with E-state index in [0.717, 1.165) is 108 Å². The molecule has 18 nitrogen and oxygen atoms in total. The van der Waals surface area contributed by atoms with Crippen molar-refractivity contribution in [2.24, 2.45) is 14.1 Å². The Morgan fingerprint density at radius 1 is 0.845 bits per heavy atom. The summed E-state index contributed by atoms with van der Waals surface area (Å²) in [6.07, 6.45) is 7.24. The molecule has 0 saturated carbocycles. The quantitative estimate of drug-likeness (QED) is 0.177. The number of carbonyl (C=O) groups is 3. The molecule has 4 aliphatic rings. The summed E-state index contributed by atoms with van der Waals surface area (Å²) in [6, 6.07) is 15.9. The Morgan fingerprint density at radius 3 is 2.35 bits per heavy atom. The van der Waals surface area contributed by atoms with E-state index in [1.54, 1.807) is 46.6 Å². The van der Waals surface area contributed by atoms with Crippen LogP contribution in [0.5, 0.6) is 0 Å². The highest BCUT2D eigenvalue weighted by Crippen LogP contribution is 2.38. The molecule has 0 bridgehead atoms. The number of imidazole rings is 1. The van der Waals surface area contributed by atoms with Crippen molar-refractivity contribution in [3.63, 3.8) is 0 Å². The lowest BCUT2D eigenvalue weighted by molar-refractivity contribution is -0.135. The van der Waals surface area contributed by atoms with Crippen LogP contribution in [0.3, 0.4) is 0 Å². The van der Waals surface area contributed by atoms with E-state index in [0.29, 0.717) is 29.7 Å². The van der Waals surface area contributed by atoms with Crippen LogP contribution in [0.4, 0.5) is 15.8 Å². The zero-order valence-electron chi connectivity index (χ0n) is 40.7. The molecule has 71 heavy (non-hydrogen) atoms. The Hall–Kier alpha value is -7.41. The Bertz CT molecular complexity index is 3380. The van der Waals surface area contributed by atoms with Crippen LogP contribution >= 0.6 is 0 Å². The van der Waals surface area contributed by atoms with E-state index in [-0.39, 0.29) is 66.1 Å². The number of aryl methyl sites for hydroxylation is 3. The number of nitrogens with one attached hydrogen (secondary N) is 2. The minimum atomic E-state index is -0.734. The van der Waals surface area contributed by atoms with E-state index in [2.05, 4.69) is 57.7 Å². The molecule has 3 saturated heterocycles. The molecular formula is C52H58FN13O5. The SMILES string of the molecule is CNc1ccn(-c2ccnc3c2cc([C@H](C)N2CCC(c4c(C)cc(C(=O)N5CCn6c(nnc6C6CCN(c7ccc8c(c7)n(C)c(=O)n8C7CCC(=O)NC7=O)CC6)C5)cc4F)CC2)n3C)c(=O)c1. The van der Waals surface area contributed by atoms with Crippen LogP contribution in [0, 0.1) is 12.7 Å². The lowest BCUT2D eigenvalue weighted by Gasteiger charge is -2.37. The number of pyridine rings is 2. The fourth-order valence-corrected chi connectivity index (χ4v) is 11.8. The number of hydrogen-bond donors (Lipinski definition) is 2. The lowest BCUT2D eigenvalue weighted by atomic mass is 9.85. The first-order chi connectivity index (χ1) is 34.3. The van der Waals surface area contributed by atoms with Crippen molar-refractivity contribution in [2.75, 3.05) is 50.0 Å². The number of piperidine rings is 3. The topological polar surface area (TPSA) is 182 Å². The first kappa shape index (κ1) is 46.0. The highest BCUT2D eigenvalue weighted by molar-refractivity contribution is 6.00. The zero-order chi connectivity index (χ0) is 49.4. The second-order valence-electron chi connectivity index (χ2n) is 19.7. The number of aromatic nitrogens is 8. The van der Waals surface area contributed by atoms with Crippen molar-refractivity contribution in [3.8, 4) is 5.69 Å². The second-order valence-corrected chi connectivity index (χ2v) is 19.7. The van der Waals surface area contributed by atoms with E-state index in [4.69, 9.17) is 0 Å².